The molecule has 3 aromatic rings. The van der Waals surface area contributed by atoms with Gasteiger partial charge in [-0.2, -0.15) is 0 Å². The Morgan fingerprint density at radius 2 is 1.55 bits per heavy atom. The summed E-state index contributed by atoms with van der Waals surface area (Å²) in [6.07, 6.45) is 0. The SMILES string of the molecule is COc1ccc(CN(c2ccc(C)cc2)S(=O)(=O)c2ccccc2F)cc1OC. The maximum absolute atomic E-state index is 14.3. The van der Waals surface area contributed by atoms with Crippen LogP contribution in [0.15, 0.2) is 71.6 Å². The van der Waals surface area contributed by atoms with E-state index in [0.29, 0.717) is 22.7 Å². The molecule has 0 N–H and O–H groups in total. The highest BCUT2D eigenvalue weighted by atomic mass is 32.2. The first kappa shape index (κ1) is 20.7. The molecule has 0 aromatic heterocycles. The number of ether oxygens (including phenoxy) is 2. The average Bonchev–Trinajstić information content (AvgIpc) is 2.72. The topological polar surface area (TPSA) is 55.8 Å². The molecular formula is C22H22FNO4S. The van der Waals surface area contributed by atoms with E-state index >= 15 is 0 Å². The first-order valence-corrected chi connectivity index (χ1v) is 10.4. The fourth-order valence-corrected chi connectivity index (χ4v) is 4.46. The van der Waals surface area contributed by atoms with Crippen LogP contribution in [-0.4, -0.2) is 22.6 Å². The minimum Gasteiger partial charge on any atom is -0.493 e. The third-order valence-electron chi connectivity index (χ3n) is 4.50. The molecular weight excluding hydrogens is 393 g/mol. The van der Waals surface area contributed by atoms with Crippen LogP contribution in [0.25, 0.3) is 0 Å². The molecule has 0 aliphatic rings. The Morgan fingerprint density at radius 3 is 2.17 bits per heavy atom. The van der Waals surface area contributed by atoms with E-state index in [9.17, 15) is 12.8 Å². The lowest BCUT2D eigenvalue weighted by Crippen LogP contribution is -2.31. The van der Waals surface area contributed by atoms with Gasteiger partial charge in [-0.3, -0.25) is 4.31 Å². The van der Waals surface area contributed by atoms with Crippen molar-refractivity contribution in [1.29, 1.82) is 0 Å². The summed E-state index contributed by atoms with van der Waals surface area (Å²) in [6.45, 7) is 1.91. The summed E-state index contributed by atoms with van der Waals surface area (Å²) in [7, 11) is -1.11. The Labute approximate surface area is 170 Å². The van der Waals surface area contributed by atoms with E-state index in [4.69, 9.17) is 9.47 Å². The van der Waals surface area contributed by atoms with Gasteiger partial charge in [0.2, 0.25) is 0 Å². The molecule has 0 fully saturated rings. The smallest absolute Gasteiger partial charge is 0.267 e. The largest absolute Gasteiger partial charge is 0.493 e. The summed E-state index contributed by atoms with van der Waals surface area (Å²) in [6, 6.07) is 17.5. The molecule has 0 bridgehead atoms. The molecule has 3 aromatic carbocycles. The Morgan fingerprint density at radius 1 is 0.897 bits per heavy atom. The van der Waals surface area contributed by atoms with Gasteiger partial charge < -0.3 is 9.47 Å². The Kier molecular flexibility index (Phi) is 6.08. The zero-order valence-corrected chi connectivity index (χ0v) is 17.2. The second-order valence-electron chi connectivity index (χ2n) is 6.47. The van der Waals surface area contributed by atoms with Crippen LogP contribution in [-0.2, 0) is 16.6 Å². The quantitative estimate of drug-likeness (QED) is 0.568. The van der Waals surface area contributed by atoms with Crippen molar-refractivity contribution in [3.05, 3.63) is 83.7 Å². The lowest BCUT2D eigenvalue weighted by atomic mass is 10.2. The summed E-state index contributed by atoms with van der Waals surface area (Å²) < 4.78 is 52.8. The number of hydrogen-bond donors (Lipinski definition) is 0. The van der Waals surface area contributed by atoms with Gasteiger partial charge in [-0.05, 0) is 48.9 Å². The van der Waals surface area contributed by atoms with Crippen LogP contribution in [0.1, 0.15) is 11.1 Å². The molecule has 0 amide bonds. The fourth-order valence-electron chi connectivity index (χ4n) is 2.94. The molecule has 0 saturated heterocycles. The summed E-state index contributed by atoms with van der Waals surface area (Å²) >= 11 is 0. The fraction of sp³-hybridized carbons (Fsp3) is 0.182. The molecule has 0 heterocycles. The Hall–Kier alpha value is -3.06. The molecule has 152 valence electrons. The Balaban J connectivity index is 2.09. The molecule has 0 atom stereocenters. The molecule has 5 nitrogen and oxygen atoms in total. The van der Waals surface area contributed by atoms with E-state index in [1.54, 1.807) is 30.3 Å². The number of anilines is 1. The summed E-state index contributed by atoms with van der Waals surface area (Å²) in [4.78, 5) is -0.374. The second-order valence-corrected chi connectivity index (χ2v) is 8.30. The maximum Gasteiger partial charge on any atom is 0.267 e. The van der Waals surface area contributed by atoms with Crippen molar-refractivity contribution in [1.82, 2.24) is 0 Å². The van der Waals surface area contributed by atoms with Crippen molar-refractivity contribution in [2.45, 2.75) is 18.4 Å². The third-order valence-corrected chi connectivity index (χ3v) is 6.31. The van der Waals surface area contributed by atoms with E-state index in [2.05, 4.69) is 0 Å². The normalized spacial score (nSPS) is 11.2. The first-order chi connectivity index (χ1) is 13.9. The first-order valence-electron chi connectivity index (χ1n) is 8.91. The highest BCUT2D eigenvalue weighted by Gasteiger charge is 2.28. The molecule has 0 aliphatic carbocycles. The third kappa shape index (κ3) is 4.35. The van der Waals surface area contributed by atoms with E-state index in [-0.39, 0.29) is 11.4 Å². The molecule has 0 radical (unpaired) electrons. The van der Waals surface area contributed by atoms with Crippen molar-refractivity contribution in [2.75, 3.05) is 18.5 Å². The van der Waals surface area contributed by atoms with Gasteiger partial charge in [0.1, 0.15) is 10.7 Å². The van der Waals surface area contributed by atoms with Gasteiger partial charge in [-0.15, -0.1) is 0 Å². The van der Waals surface area contributed by atoms with Crippen molar-refractivity contribution in [3.63, 3.8) is 0 Å². The van der Waals surface area contributed by atoms with Gasteiger partial charge in [0, 0.05) is 0 Å². The van der Waals surface area contributed by atoms with Crippen molar-refractivity contribution in [2.24, 2.45) is 0 Å². The predicted molar refractivity (Wildman–Crippen MR) is 110 cm³/mol. The number of nitrogens with zero attached hydrogens (tertiary/aromatic N) is 1. The lowest BCUT2D eigenvalue weighted by Gasteiger charge is -2.25. The number of benzene rings is 3. The number of hydrogen-bond acceptors (Lipinski definition) is 4. The van der Waals surface area contributed by atoms with E-state index in [1.807, 2.05) is 19.1 Å². The number of sulfonamides is 1. The molecule has 7 heteroatoms. The number of aryl methyl sites for hydroxylation is 1. The zero-order chi connectivity index (χ0) is 21.0. The van der Waals surface area contributed by atoms with Crippen molar-refractivity contribution in [3.8, 4) is 11.5 Å². The van der Waals surface area contributed by atoms with Crippen LogP contribution in [0.4, 0.5) is 10.1 Å². The number of halogens is 1. The van der Waals surface area contributed by atoms with Gasteiger partial charge in [-0.1, -0.05) is 35.9 Å². The van der Waals surface area contributed by atoms with Crippen LogP contribution in [0.5, 0.6) is 11.5 Å². The van der Waals surface area contributed by atoms with E-state index in [1.165, 1.54) is 36.7 Å². The molecule has 0 unspecified atom stereocenters. The summed E-state index contributed by atoms with van der Waals surface area (Å²) in [5.74, 6) is 0.226. The zero-order valence-electron chi connectivity index (χ0n) is 16.4. The average molecular weight is 415 g/mol. The predicted octanol–water partition coefficient (Wildman–Crippen LogP) is 4.55. The Bertz CT molecular complexity index is 1100. The van der Waals surface area contributed by atoms with Gasteiger partial charge in [-0.25, -0.2) is 12.8 Å². The van der Waals surface area contributed by atoms with Crippen molar-refractivity contribution < 1.29 is 22.3 Å². The standard InChI is InChI=1S/C22H22FNO4S/c1-16-8-11-18(12-9-16)24(29(25,26)22-7-5-4-6-19(22)23)15-17-10-13-20(27-2)21(14-17)28-3/h4-14H,15H2,1-3H3. The minimum atomic E-state index is -4.14. The molecule has 3 rings (SSSR count). The summed E-state index contributed by atoms with van der Waals surface area (Å²) in [5, 5.41) is 0. The highest BCUT2D eigenvalue weighted by Crippen LogP contribution is 2.31. The number of methoxy groups -OCH3 is 2. The minimum absolute atomic E-state index is 0.0000822. The molecule has 0 aliphatic heterocycles. The number of rotatable bonds is 7. The van der Waals surface area contributed by atoms with E-state index < -0.39 is 15.8 Å². The molecule has 0 spiro atoms. The molecule has 29 heavy (non-hydrogen) atoms. The van der Waals surface area contributed by atoms with Gasteiger partial charge >= 0.3 is 0 Å². The molecule has 0 saturated carbocycles. The maximum atomic E-state index is 14.3. The van der Waals surface area contributed by atoms with Crippen LogP contribution < -0.4 is 13.8 Å². The lowest BCUT2D eigenvalue weighted by molar-refractivity contribution is 0.354. The summed E-state index contributed by atoms with van der Waals surface area (Å²) in [5.41, 5.74) is 2.10. The van der Waals surface area contributed by atoms with Gasteiger partial charge in [0.25, 0.3) is 10.0 Å². The van der Waals surface area contributed by atoms with Gasteiger partial charge in [0.05, 0.1) is 26.5 Å². The van der Waals surface area contributed by atoms with Crippen LogP contribution in [0.3, 0.4) is 0 Å². The van der Waals surface area contributed by atoms with Gasteiger partial charge in [0.15, 0.2) is 11.5 Å². The van der Waals surface area contributed by atoms with Crippen LogP contribution >= 0.6 is 0 Å². The van der Waals surface area contributed by atoms with Crippen LogP contribution in [0.2, 0.25) is 0 Å². The second kappa shape index (κ2) is 8.53. The van der Waals surface area contributed by atoms with Crippen molar-refractivity contribution >= 4 is 15.7 Å². The monoisotopic (exact) mass is 415 g/mol. The van der Waals surface area contributed by atoms with E-state index in [0.717, 1.165) is 11.6 Å². The highest BCUT2D eigenvalue weighted by molar-refractivity contribution is 7.92. The van der Waals surface area contributed by atoms with Crippen LogP contribution in [0, 0.1) is 12.7 Å².